The van der Waals surface area contributed by atoms with Crippen molar-refractivity contribution in [3.63, 3.8) is 0 Å². The van der Waals surface area contributed by atoms with Gasteiger partial charge in [0.25, 0.3) is 0 Å². The van der Waals surface area contributed by atoms with Gasteiger partial charge in [0.05, 0.1) is 0 Å². The van der Waals surface area contributed by atoms with Crippen molar-refractivity contribution in [1.82, 2.24) is 0 Å². The van der Waals surface area contributed by atoms with E-state index in [0.29, 0.717) is 5.39 Å². The average molecular weight is 308 g/mol. The summed E-state index contributed by atoms with van der Waals surface area (Å²) in [6.07, 6.45) is 0. The summed E-state index contributed by atoms with van der Waals surface area (Å²) in [4.78, 5) is 23.6. The number of rotatable bonds is 3. The zero-order valence-electron chi connectivity index (χ0n) is 11.9. The summed E-state index contributed by atoms with van der Waals surface area (Å²) in [5.41, 5.74) is -0.121. The molecule has 0 saturated carbocycles. The van der Waals surface area contributed by atoms with Gasteiger partial charge in [0.1, 0.15) is 22.6 Å². The van der Waals surface area contributed by atoms with Crippen molar-refractivity contribution in [2.75, 3.05) is 0 Å². The van der Waals surface area contributed by atoms with Crippen molar-refractivity contribution in [2.24, 2.45) is 0 Å². The van der Waals surface area contributed by atoms with E-state index in [2.05, 4.69) is 0 Å². The Morgan fingerprint density at radius 1 is 0.870 bits per heavy atom. The quantitative estimate of drug-likeness (QED) is 0.572. The molecule has 3 rings (SSSR count). The Labute approximate surface area is 131 Å². The van der Waals surface area contributed by atoms with Crippen LogP contribution in [0.3, 0.4) is 0 Å². The molecule has 0 aliphatic rings. The highest BCUT2D eigenvalue weighted by Crippen LogP contribution is 2.29. The summed E-state index contributed by atoms with van der Waals surface area (Å²) < 4.78 is 5.20. The third-order valence-corrected chi connectivity index (χ3v) is 3.43. The number of ether oxygens (including phenoxy) is 1. The molecule has 0 heterocycles. The summed E-state index contributed by atoms with van der Waals surface area (Å²) in [6, 6.07) is 16.0. The molecule has 0 unspecified atom stereocenters. The Bertz CT molecular complexity index is 914. The summed E-state index contributed by atoms with van der Waals surface area (Å²) in [5.74, 6) is -2.30. The normalized spacial score (nSPS) is 10.4. The zero-order chi connectivity index (χ0) is 16.4. The number of esters is 1. The number of benzene rings is 3. The van der Waals surface area contributed by atoms with Crippen molar-refractivity contribution in [3.05, 3.63) is 71.8 Å². The second kappa shape index (κ2) is 5.81. The van der Waals surface area contributed by atoms with Crippen LogP contribution in [0.2, 0.25) is 0 Å². The van der Waals surface area contributed by atoms with Crippen LogP contribution in [0.4, 0.5) is 0 Å². The number of aromatic carboxylic acids is 1. The number of carboxylic acids is 1. The first-order valence-corrected chi connectivity index (χ1v) is 6.83. The molecule has 0 radical (unpaired) electrons. The molecule has 3 aromatic carbocycles. The van der Waals surface area contributed by atoms with E-state index in [1.54, 1.807) is 30.3 Å². The van der Waals surface area contributed by atoms with E-state index in [1.807, 2.05) is 6.07 Å². The molecule has 0 aromatic heterocycles. The standard InChI is InChI=1S/C18H12O5/c19-14-10-9-11-5-1-2-6-12(11)16(14)18(22)23-15-8-4-3-7-13(15)17(20)21/h1-10,19H,(H,20,21). The van der Waals surface area contributed by atoms with Crippen molar-refractivity contribution in [3.8, 4) is 11.5 Å². The van der Waals surface area contributed by atoms with Crippen LogP contribution in [-0.4, -0.2) is 22.2 Å². The minimum Gasteiger partial charge on any atom is -0.507 e. The number of fused-ring (bicyclic) bond motifs is 1. The van der Waals surface area contributed by atoms with Crippen LogP contribution < -0.4 is 4.74 Å². The van der Waals surface area contributed by atoms with Crippen LogP contribution in [0, 0.1) is 0 Å². The van der Waals surface area contributed by atoms with Gasteiger partial charge in [0.15, 0.2) is 0 Å². The summed E-state index contributed by atoms with van der Waals surface area (Å²) >= 11 is 0. The van der Waals surface area contributed by atoms with Gasteiger partial charge < -0.3 is 14.9 Å². The number of hydrogen-bond acceptors (Lipinski definition) is 4. The van der Waals surface area contributed by atoms with E-state index in [9.17, 15) is 14.7 Å². The SMILES string of the molecule is O=C(O)c1ccccc1OC(=O)c1c(O)ccc2ccccc12. The minimum atomic E-state index is -1.20. The number of carboxylic acid groups (broad SMARTS) is 1. The highest BCUT2D eigenvalue weighted by atomic mass is 16.5. The van der Waals surface area contributed by atoms with Gasteiger partial charge in [0, 0.05) is 0 Å². The highest BCUT2D eigenvalue weighted by Gasteiger charge is 2.20. The van der Waals surface area contributed by atoms with Crippen LogP contribution in [0.5, 0.6) is 11.5 Å². The monoisotopic (exact) mass is 308 g/mol. The van der Waals surface area contributed by atoms with E-state index in [0.717, 1.165) is 5.39 Å². The van der Waals surface area contributed by atoms with Crippen LogP contribution in [0.1, 0.15) is 20.7 Å². The Morgan fingerprint density at radius 3 is 2.35 bits per heavy atom. The van der Waals surface area contributed by atoms with E-state index < -0.39 is 11.9 Å². The molecule has 5 nitrogen and oxygen atoms in total. The van der Waals surface area contributed by atoms with E-state index in [-0.39, 0.29) is 22.6 Å². The fourth-order valence-electron chi connectivity index (χ4n) is 2.36. The molecule has 0 bridgehead atoms. The van der Waals surface area contributed by atoms with Crippen LogP contribution >= 0.6 is 0 Å². The second-order valence-electron chi connectivity index (χ2n) is 4.87. The largest absolute Gasteiger partial charge is 0.507 e. The number of carbonyl (C=O) groups excluding carboxylic acids is 1. The lowest BCUT2D eigenvalue weighted by Gasteiger charge is -2.10. The molecule has 0 amide bonds. The van der Waals surface area contributed by atoms with Gasteiger partial charge in [-0.05, 0) is 29.0 Å². The molecule has 5 heteroatoms. The van der Waals surface area contributed by atoms with Gasteiger partial charge >= 0.3 is 11.9 Å². The molecule has 114 valence electrons. The summed E-state index contributed by atoms with van der Waals surface area (Å²) in [6.45, 7) is 0. The summed E-state index contributed by atoms with van der Waals surface area (Å²) in [5, 5.41) is 20.5. The highest BCUT2D eigenvalue weighted by molar-refractivity contribution is 6.08. The molecular weight excluding hydrogens is 296 g/mol. The molecule has 0 aliphatic carbocycles. The lowest BCUT2D eigenvalue weighted by molar-refractivity contribution is 0.0681. The molecule has 0 atom stereocenters. The first-order valence-electron chi connectivity index (χ1n) is 6.83. The van der Waals surface area contributed by atoms with Crippen molar-refractivity contribution < 1.29 is 24.5 Å². The number of phenolic OH excluding ortho intramolecular Hbond substituents is 1. The van der Waals surface area contributed by atoms with E-state index >= 15 is 0 Å². The topological polar surface area (TPSA) is 83.8 Å². The third-order valence-electron chi connectivity index (χ3n) is 3.43. The van der Waals surface area contributed by atoms with Crippen LogP contribution in [0.15, 0.2) is 60.7 Å². The van der Waals surface area contributed by atoms with E-state index in [4.69, 9.17) is 9.84 Å². The van der Waals surface area contributed by atoms with Crippen molar-refractivity contribution in [1.29, 1.82) is 0 Å². The molecular formula is C18H12O5. The minimum absolute atomic E-state index is 0.00305. The lowest BCUT2D eigenvalue weighted by atomic mass is 10.0. The number of aromatic hydroxyl groups is 1. The maximum Gasteiger partial charge on any atom is 0.347 e. The first-order chi connectivity index (χ1) is 11.1. The number of hydrogen-bond donors (Lipinski definition) is 2. The fourth-order valence-corrected chi connectivity index (χ4v) is 2.36. The molecule has 0 fully saturated rings. The predicted octanol–water partition coefficient (Wildman–Crippen LogP) is 3.46. The van der Waals surface area contributed by atoms with Crippen molar-refractivity contribution in [2.45, 2.75) is 0 Å². The van der Waals surface area contributed by atoms with Gasteiger partial charge in [-0.2, -0.15) is 0 Å². The fraction of sp³-hybridized carbons (Fsp3) is 0. The van der Waals surface area contributed by atoms with Gasteiger partial charge in [-0.15, -0.1) is 0 Å². The Hall–Kier alpha value is -3.34. The van der Waals surface area contributed by atoms with Gasteiger partial charge in [0.2, 0.25) is 0 Å². The van der Waals surface area contributed by atoms with Gasteiger partial charge in [-0.1, -0.05) is 42.5 Å². The van der Waals surface area contributed by atoms with Crippen LogP contribution in [0.25, 0.3) is 10.8 Å². The Balaban J connectivity index is 2.06. The molecule has 23 heavy (non-hydrogen) atoms. The molecule has 3 aromatic rings. The lowest BCUT2D eigenvalue weighted by Crippen LogP contribution is -2.12. The first kappa shape index (κ1) is 14.6. The maximum absolute atomic E-state index is 12.4. The molecule has 0 spiro atoms. The predicted molar refractivity (Wildman–Crippen MR) is 84.0 cm³/mol. The Kier molecular flexibility index (Phi) is 3.68. The smallest absolute Gasteiger partial charge is 0.347 e. The van der Waals surface area contributed by atoms with Crippen LogP contribution in [-0.2, 0) is 0 Å². The average Bonchev–Trinajstić information content (AvgIpc) is 2.54. The van der Waals surface area contributed by atoms with E-state index in [1.165, 1.54) is 24.3 Å². The molecule has 0 saturated heterocycles. The number of para-hydroxylation sites is 1. The molecule has 2 N–H and O–H groups in total. The Morgan fingerprint density at radius 2 is 1.57 bits per heavy atom. The number of phenols is 1. The summed E-state index contributed by atoms with van der Waals surface area (Å²) in [7, 11) is 0. The third kappa shape index (κ3) is 2.72. The number of carbonyl (C=O) groups is 2. The maximum atomic E-state index is 12.4. The molecule has 0 aliphatic heterocycles. The van der Waals surface area contributed by atoms with Crippen molar-refractivity contribution >= 4 is 22.7 Å². The zero-order valence-corrected chi connectivity index (χ0v) is 11.9. The van der Waals surface area contributed by atoms with Gasteiger partial charge in [-0.3, -0.25) is 0 Å². The van der Waals surface area contributed by atoms with Gasteiger partial charge in [-0.25, -0.2) is 9.59 Å². The second-order valence-corrected chi connectivity index (χ2v) is 4.87.